The molecule has 0 aliphatic heterocycles. The minimum Gasteiger partial charge on any atom is -0.506 e. The van der Waals surface area contributed by atoms with Crippen LogP contribution < -0.4 is 5.73 Å². The maximum atomic E-state index is 11.0. The molecule has 3 N–H and O–H groups in total. The zero-order valence-electron chi connectivity index (χ0n) is 6.47. The normalized spacial score (nSPS) is 9.83. The summed E-state index contributed by atoms with van der Waals surface area (Å²) in [5.41, 5.74) is 6.01. The molecule has 0 aliphatic rings. The van der Waals surface area contributed by atoms with E-state index in [1.807, 2.05) is 22.6 Å². The molecule has 1 aromatic rings. The van der Waals surface area contributed by atoms with Crippen molar-refractivity contribution in [2.75, 3.05) is 5.73 Å². The molecule has 0 bridgehead atoms. The zero-order valence-corrected chi connectivity index (χ0v) is 8.62. The molecule has 1 rings (SSSR count). The molecule has 0 saturated heterocycles. The highest BCUT2D eigenvalue weighted by atomic mass is 127. The van der Waals surface area contributed by atoms with Crippen molar-refractivity contribution in [1.82, 2.24) is 0 Å². The number of rotatable bonds is 1. The second kappa shape index (κ2) is 3.30. The van der Waals surface area contributed by atoms with Crippen LogP contribution in [-0.4, -0.2) is 10.9 Å². The Morgan fingerprint density at radius 2 is 2.17 bits per heavy atom. The van der Waals surface area contributed by atoms with Crippen LogP contribution in [-0.2, 0) is 0 Å². The predicted octanol–water partition coefficient (Wildman–Crippen LogP) is 1.78. The van der Waals surface area contributed by atoms with Gasteiger partial charge in [0.05, 0.1) is 5.69 Å². The fourth-order valence-electron chi connectivity index (χ4n) is 0.895. The summed E-state index contributed by atoms with van der Waals surface area (Å²) in [6.45, 7) is 1.42. The molecule has 64 valence electrons. The van der Waals surface area contributed by atoms with Crippen LogP contribution in [0.1, 0.15) is 17.3 Å². The van der Waals surface area contributed by atoms with Crippen molar-refractivity contribution in [1.29, 1.82) is 0 Å². The van der Waals surface area contributed by atoms with Crippen LogP contribution in [0.2, 0.25) is 0 Å². The number of anilines is 1. The lowest BCUT2D eigenvalue weighted by molar-refractivity contribution is 0.101. The highest BCUT2D eigenvalue weighted by Crippen LogP contribution is 2.27. The number of carbonyl (C=O) groups excluding carboxylic acids is 1. The number of carbonyl (C=O) groups is 1. The molecule has 0 amide bonds. The second-order valence-corrected chi connectivity index (χ2v) is 3.69. The number of halogens is 1. The highest BCUT2D eigenvalue weighted by Gasteiger charge is 2.09. The van der Waals surface area contributed by atoms with E-state index in [0.717, 1.165) is 3.57 Å². The summed E-state index contributed by atoms with van der Waals surface area (Å²) < 4.78 is 0.796. The van der Waals surface area contributed by atoms with E-state index in [2.05, 4.69) is 0 Å². The summed E-state index contributed by atoms with van der Waals surface area (Å²) in [7, 11) is 0. The number of aromatic hydroxyl groups is 1. The Labute approximate surface area is 83.7 Å². The van der Waals surface area contributed by atoms with Crippen molar-refractivity contribution in [2.24, 2.45) is 0 Å². The molecule has 1 aromatic carbocycles. The first-order valence-electron chi connectivity index (χ1n) is 3.31. The fraction of sp³-hybridized carbons (Fsp3) is 0.125. The van der Waals surface area contributed by atoms with Crippen molar-refractivity contribution in [3.05, 3.63) is 21.3 Å². The first-order valence-corrected chi connectivity index (χ1v) is 4.39. The smallest absolute Gasteiger partial charge is 0.162 e. The highest BCUT2D eigenvalue weighted by molar-refractivity contribution is 14.1. The number of nitrogen functional groups attached to an aromatic ring is 1. The van der Waals surface area contributed by atoms with Crippen molar-refractivity contribution in [3.63, 3.8) is 0 Å². The average Bonchev–Trinajstić information content (AvgIpc) is 1.96. The first-order chi connectivity index (χ1) is 5.52. The Hall–Kier alpha value is -0.780. The molecule has 0 atom stereocenters. The lowest BCUT2D eigenvalue weighted by atomic mass is 10.1. The van der Waals surface area contributed by atoms with Gasteiger partial charge in [0.25, 0.3) is 0 Å². The van der Waals surface area contributed by atoms with Crippen LogP contribution in [0.25, 0.3) is 0 Å². The first kappa shape index (κ1) is 9.31. The second-order valence-electron chi connectivity index (χ2n) is 2.44. The summed E-state index contributed by atoms with van der Waals surface area (Å²) in [6.07, 6.45) is 0. The molecule has 0 fully saturated rings. The van der Waals surface area contributed by atoms with E-state index in [1.54, 1.807) is 6.07 Å². The number of nitrogens with two attached hydrogens (primary N) is 1. The lowest BCUT2D eigenvalue weighted by Crippen LogP contribution is -2.00. The Kier molecular flexibility index (Phi) is 2.56. The van der Waals surface area contributed by atoms with E-state index in [0.29, 0.717) is 5.56 Å². The van der Waals surface area contributed by atoms with Gasteiger partial charge in [-0.1, -0.05) is 0 Å². The molecule has 0 spiro atoms. The Morgan fingerprint density at radius 1 is 1.58 bits per heavy atom. The Balaban J connectivity index is 3.37. The molecule has 4 heteroatoms. The predicted molar refractivity (Wildman–Crippen MR) is 55.2 cm³/mol. The van der Waals surface area contributed by atoms with Crippen LogP contribution in [0.3, 0.4) is 0 Å². The minimum atomic E-state index is -0.138. The van der Waals surface area contributed by atoms with Gasteiger partial charge in [0.15, 0.2) is 5.78 Å². The molecule has 0 unspecified atom stereocenters. The Morgan fingerprint density at radius 3 is 2.67 bits per heavy atom. The number of ketones is 1. The minimum absolute atomic E-state index is 0.0351. The molecule has 0 saturated carbocycles. The molecule has 0 heterocycles. The maximum absolute atomic E-state index is 11.0. The molecule has 0 aliphatic carbocycles. The summed E-state index contributed by atoms with van der Waals surface area (Å²) in [5, 5.41) is 9.25. The molecule has 0 radical (unpaired) electrons. The molecule has 0 aromatic heterocycles. The van der Waals surface area contributed by atoms with Gasteiger partial charge in [0.2, 0.25) is 0 Å². The number of phenolic OH excluding ortho intramolecular Hbond substituents is 1. The van der Waals surface area contributed by atoms with Crippen molar-refractivity contribution >= 4 is 34.1 Å². The molecule has 12 heavy (non-hydrogen) atoms. The van der Waals surface area contributed by atoms with E-state index >= 15 is 0 Å². The van der Waals surface area contributed by atoms with E-state index in [1.165, 1.54) is 13.0 Å². The lowest BCUT2D eigenvalue weighted by Gasteiger charge is -2.04. The fourth-order valence-corrected chi connectivity index (χ4v) is 1.50. The number of phenols is 1. The van der Waals surface area contributed by atoms with Gasteiger partial charge in [-0.05, 0) is 41.6 Å². The third kappa shape index (κ3) is 1.69. The summed E-state index contributed by atoms with van der Waals surface area (Å²) >= 11 is 2.01. The van der Waals surface area contributed by atoms with Gasteiger partial charge < -0.3 is 10.8 Å². The van der Waals surface area contributed by atoms with Crippen LogP contribution in [0.15, 0.2) is 12.1 Å². The number of hydrogen-bond donors (Lipinski definition) is 2. The quantitative estimate of drug-likeness (QED) is 0.356. The van der Waals surface area contributed by atoms with Gasteiger partial charge in [0.1, 0.15) is 5.75 Å². The average molecular weight is 277 g/mol. The van der Waals surface area contributed by atoms with Crippen LogP contribution >= 0.6 is 22.6 Å². The Bertz CT molecular complexity index is 336. The monoisotopic (exact) mass is 277 g/mol. The van der Waals surface area contributed by atoms with Crippen molar-refractivity contribution < 1.29 is 9.90 Å². The zero-order chi connectivity index (χ0) is 9.30. The van der Waals surface area contributed by atoms with Crippen LogP contribution in [0, 0.1) is 3.57 Å². The maximum Gasteiger partial charge on any atom is 0.162 e. The standard InChI is InChI=1S/C8H8INO2/c1-4(11)6-2-5(9)3-7(12)8(6)10/h2-3,12H,10H2,1H3. The third-order valence-electron chi connectivity index (χ3n) is 1.50. The third-order valence-corrected chi connectivity index (χ3v) is 2.13. The van der Waals surface area contributed by atoms with Gasteiger partial charge in [-0.25, -0.2) is 0 Å². The van der Waals surface area contributed by atoms with Crippen molar-refractivity contribution in [2.45, 2.75) is 6.92 Å². The van der Waals surface area contributed by atoms with Gasteiger partial charge in [-0.3, -0.25) is 4.79 Å². The van der Waals surface area contributed by atoms with Crippen LogP contribution in [0.5, 0.6) is 5.75 Å². The molecular weight excluding hydrogens is 269 g/mol. The number of Topliss-reactive ketones (excluding diaryl/α,β-unsaturated/α-hetero) is 1. The van der Waals surface area contributed by atoms with Gasteiger partial charge in [-0.2, -0.15) is 0 Å². The van der Waals surface area contributed by atoms with E-state index in [4.69, 9.17) is 5.73 Å². The van der Waals surface area contributed by atoms with E-state index in [9.17, 15) is 9.90 Å². The number of benzene rings is 1. The van der Waals surface area contributed by atoms with Crippen molar-refractivity contribution in [3.8, 4) is 5.75 Å². The summed E-state index contributed by atoms with van der Waals surface area (Å²) in [4.78, 5) is 11.0. The largest absolute Gasteiger partial charge is 0.506 e. The van der Waals surface area contributed by atoms with Gasteiger partial charge in [0, 0.05) is 9.13 Å². The molecule has 3 nitrogen and oxygen atoms in total. The van der Waals surface area contributed by atoms with Gasteiger partial charge >= 0.3 is 0 Å². The number of hydrogen-bond acceptors (Lipinski definition) is 3. The van der Waals surface area contributed by atoms with E-state index in [-0.39, 0.29) is 17.2 Å². The topological polar surface area (TPSA) is 63.3 Å². The summed E-state index contributed by atoms with van der Waals surface area (Å²) in [6, 6.07) is 3.17. The van der Waals surface area contributed by atoms with Gasteiger partial charge in [-0.15, -0.1) is 0 Å². The SMILES string of the molecule is CC(=O)c1cc(I)cc(O)c1N. The van der Waals surface area contributed by atoms with E-state index < -0.39 is 0 Å². The molecular formula is C8H8INO2. The summed E-state index contributed by atoms with van der Waals surface area (Å²) in [5.74, 6) is -0.173. The van der Waals surface area contributed by atoms with Crippen LogP contribution in [0.4, 0.5) is 5.69 Å².